The molecule has 1 atom stereocenters. The van der Waals surface area contributed by atoms with Gasteiger partial charge in [0.05, 0.1) is 0 Å². The number of aromatic nitrogens is 1. The predicted octanol–water partition coefficient (Wildman–Crippen LogP) is 3.05. The number of alkyl halides is 3. The van der Waals surface area contributed by atoms with Gasteiger partial charge < -0.3 is 15.8 Å². The quantitative estimate of drug-likeness (QED) is 0.808. The average Bonchev–Trinajstić information content (AvgIpc) is 2.78. The maximum atomic E-state index is 12.6. The van der Waals surface area contributed by atoms with Gasteiger partial charge in [0.2, 0.25) is 0 Å². The van der Waals surface area contributed by atoms with Crippen molar-refractivity contribution in [3.05, 3.63) is 35.5 Å². The van der Waals surface area contributed by atoms with Crippen molar-refractivity contribution < 1.29 is 23.1 Å². The summed E-state index contributed by atoms with van der Waals surface area (Å²) in [7, 11) is 0. The number of H-pyrrole nitrogens is 1. The number of nitrogens with one attached hydrogen (secondary N) is 1. The number of aliphatic carboxylic acids is 1. The standard InChI is InChI=1S/C13H13F3N2O2/c14-13(15,16)11-6-8-5-7(1-3-10(8)18-11)9(17)2-4-12(19)20/h1,3,5-6,9,18H,2,4,17H2,(H,19,20). The van der Waals surface area contributed by atoms with Crippen LogP contribution in [0.2, 0.25) is 0 Å². The van der Waals surface area contributed by atoms with Gasteiger partial charge >= 0.3 is 12.1 Å². The van der Waals surface area contributed by atoms with Crippen LogP contribution in [0.5, 0.6) is 0 Å². The molecule has 4 nitrogen and oxygen atoms in total. The fraction of sp³-hybridized carbons (Fsp3) is 0.308. The van der Waals surface area contributed by atoms with Crippen molar-refractivity contribution in [3.63, 3.8) is 0 Å². The van der Waals surface area contributed by atoms with Gasteiger partial charge in [0.25, 0.3) is 0 Å². The van der Waals surface area contributed by atoms with Crippen molar-refractivity contribution in [3.8, 4) is 0 Å². The van der Waals surface area contributed by atoms with Crippen LogP contribution in [0.4, 0.5) is 13.2 Å². The number of halogens is 3. The van der Waals surface area contributed by atoms with Crippen molar-refractivity contribution in [2.75, 3.05) is 0 Å². The molecule has 7 heteroatoms. The molecular formula is C13H13F3N2O2. The zero-order valence-electron chi connectivity index (χ0n) is 10.4. The van der Waals surface area contributed by atoms with Crippen LogP contribution in [0.25, 0.3) is 10.9 Å². The van der Waals surface area contributed by atoms with E-state index in [-0.39, 0.29) is 12.8 Å². The minimum atomic E-state index is -4.43. The van der Waals surface area contributed by atoms with Gasteiger partial charge in [0.1, 0.15) is 5.69 Å². The van der Waals surface area contributed by atoms with Gasteiger partial charge in [-0.3, -0.25) is 4.79 Å². The summed E-state index contributed by atoms with van der Waals surface area (Å²) in [4.78, 5) is 12.8. The van der Waals surface area contributed by atoms with Gasteiger partial charge in [-0.1, -0.05) is 6.07 Å². The number of hydrogen-bond acceptors (Lipinski definition) is 2. The first-order chi connectivity index (χ1) is 9.27. The molecule has 1 aromatic carbocycles. The lowest BCUT2D eigenvalue weighted by molar-refractivity contribution is -0.140. The molecule has 0 aliphatic heterocycles. The summed E-state index contributed by atoms with van der Waals surface area (Å²) in [6.07, 6.45) is -4.28. The molecule has 1 heterocycles. The van der Waals surface area contributed by atoms with E-state index in [1.807, 2.05) is 0 Å². The van der Waals surface area contributed by atoms with Crippen LogP contribution < -0.4 is 5.73 Å². The van der Waals surface area contributed by atoms with Crippen LogP contribution in [0.3, 0.4) is 0 Å². The summed E-state index contributed by atoms with van der Waals surface area (Å²) in [5.41, 5.74) is 6.00. The topological polar surface area (TPSA) is 79.1 Å². The van der Waals surface area contributed by atoms with Crippen LogP contribution in [-0.2, 0) is 11.0 Å². The monoisotopic (exact) mass is 286 g/mol. The molecule has 0 bridgehead atoms. The third kappa shape index (κ3) is 3.11. The molecule has 0 aliphatic rings. The van der Waals surface area contributed by atoms with E-state index in [9.17, 15) is 18.0 Å². The molecule has 0 saturated carbocycles. The second-order valence-electron chi connectivity index (χ2n) is 4.57. The SMILES string of the molecule is NC(CCC(=O)O)c1ccc2[nH]c(C(F)(F)F)cc2c1. The Bertz CT molecular complexity index is 634. The minimum absolute atomic E-state index is 0.0832. The van der Waals surface area contributed by atoms with Gasteiger partial charge in [0, 0.05) is 23.4 Å². The Labute approximate surface area is 112 Å². The van der Waals surface area contributed by atoms with Gasteiger partial charge in [-0.15, -0.1) is 0 Å². The van der Waals surface area contributed by atoms with E-state index >= 15 is 0 Å². The number of rotatable bonds is 4. The first kappa shape index (κ1) is 14.4. The Hall–Kier alpha value is -2.02. The van der Waals surface area contributed by atoms with Crippen LogP contribution in [0, 0.1) is 0 Å². The number of hydrogen-bond donors (Lipinski definition) is 3. The first-order valence-electron chi connectivity index (χ1n) is 5.94. The average molecular weight is 286 g/mol. The Morgan fingerprint density at radius 3 is 2.65 bits per heavy atom. The van der Waals surface area contributed by atoms with Gasteiger partial charge in [-0.05, 0) is 30.2 Å². The maximum absolute atomic E-state index is 12.6. The molecule has 1 unspecified atom stereocenters. The maximum Gasteiger partial charge on any atom is 0.431 e. The molecular weight excluding hydrogens is 273 g/mol. The Kier molecular flexibility index (Phi) is 3.71. The molecule has 0 aliphatic carbocycles. The molecule has 20 heavy (non-hydrogen) atoms. The van der Waals surface area contributed by atoms with Crippen molar-refractivity contribution in [2.45, 2.75) is 25.1 Å². The highest BCUT2D eigenvalue weighted by Crippen LogP contribution is 2.32. The van der Waals surface area contributed by atoms with E-state index in [1.54, 1.807) is 12.1 Å². The van der Waals surface area contributed by atoms with Crippen LogP contribution >= 0.6 is 0 Å². The third-order valence-electron chi connectivity index (χ3n) is 3.05. The Morgan fingerprint density at radius 1 is 1.35 bits per heavy atom. The second kappa shape index (κ2) is 5.16. The van der Waals surface area contributed by atoms with Crippen molar-refractivity contribution in [1.82, 2.24) is 4.98 Å². The number of carboxylic acid groups (broad SMARTS) is 1. The van der Waals surface area contributed by atoms with Crippen molar-refractivity contribution >= 4 is 16.9 Å². The largest absolute Gasteiger partial charge is 0.481 e. The zero-order chi connectivity index (χ0) is 14.9. The molecule has 2 rings (SSSR count). The fourth-order valence-corrected chi connectivity index (χ4v) is 1.98. The van der Waals surface area contributed by atoms with E-state index < -0.39 is 23.9 Å². The number of carbonyl (C=O) groups is 1. The molecule has 0 saturated heterocycles. The second-order valence-corrected chi connectivity index (χ2v) is 4.57. The highest BCUT2D eigenvalue weighted by atomic mass is 19.4. The molecule has 0 fully saturated rings. The van der Waals surface area contributed by atoms with Crippen LogP contribution in [0.15, 0.2) is 24.3 Å². The van der Waals surface area contributed by atoms with Crippen molar-refractivity contribution in [2.24, 2.45) is 5.73 Å². The van der Waals surface area contributed by atoms with E-state index in [2.05, 4.69) is 4.98 Å². The van der Waals surface area contributed by atoms with E-state index in [4.69, 9.17) is 10.8 Å². The smallest absolute Gasteiger partial charge is 0.431 e. The fourth-order valence-electron chi connectivity index (χ4n) is 1.98. The lowest BCUT2D eigenvalue weighted by Crippen LogP contribution is -2.12. The molecule has 2 aromatic rings. The van der Waals surface area contributed by atoms with Crippen LogP contribution in [0.1, 0.15) is 30.1 Å². The number of carboxylic acids is 1. The molecule has 108 valence electrons. The summed E-state index contributed by atoms with van der Waals surface area (Å²) in [5, 5.41) is 8.99. The summed E-state index contributed by atoms with van der Waals surface area (Å²) in [6, 6.07) is 5.17. The number of fused-ring (bicyclic) bond motifs is 1. The Balaban J connectivity index is 2.27. The van der Waals surface area contributed by atoms with Gasteiger partial charge in [-0.2, -0.15) is 13.2 Å². The summed E-state index contributed by atoms with van der Waals surface area (Å²) in [5.74, 6) is -0.956. The van der Waals surface area contributed by atoms with Gasteiger partial charge in [-0.25, -0.2) is 0 Å². The molecule has 0 radical (unpaired) electrons. The normalized spacial score (nSPS) is 13.6. The molecule has 1 aromatic heterocycles. The third-order valence-corrected chi connectivity index (χ3v) is 3.05. The minimum Gasteiger partial charge on any atom is -0.481 e. The lowest BCUT2D eigenvalue weighted by atomic mass is 10.0. The molecule has 0 spiro atoms. The van der Waals surface area contributed by atoms with E-state index in [0.717, 1.165) is 6.07 Å². The number of nitrogens with two attached hydrogens (primary N) is 1. The van der Waals surface area contributed by atoms with E-state index in [0.29, 0.717) is 16.5 Å². The highest BCUT2D eigenvalue weighted by Gasteiger charge is 2.32. The summed E-state index contributed by atoms with van der Waals surface area (Å²) in [6.45, 7) is 0. The summed E-state index contributed by atoms with van der Waals surface area (Å²) >= 11 is 0. The molecule has 4 N–H and O–H groups in total. The summed E-state index contributed by atoms with van der Waals surface area (Å²) < 4.78 is 37.7. The number of benzene rings is 1. The van der Waals surface area contributed by atoms with Gasteiger partial charge in [0.15, 0.2) is 0 Å². The molecule has 0 amide bonds. The lowest BCUT2D eigenvalue weighted by Gasteiger charge is -2.10. The zero-order valence-corrected chi connectivity index (χ0v) is 10.4. The van der Waals surface area contributed by atoms with Crippen molar-refractivity contribution in [1.29, 1.82) is 0 Å². The highest BCUT2D eigenvalue weighted by molar-refractivity contribution is 5.81. The first-order valence-corrected chi connectivity index (χ1v) is 5.94. The van der Waals surface area contributed by atoms with E-state index in [1.165, 1.54) is 6.07 Å². The Morgan fingerprint density at radius 2 is 2.05 bits per heavy atom. The number of aromatic amines is 1. The van der Waals surface area contributed by atoms with Crippen LogP contribution in [-0.4, -0.2) is 16.1 Å². The predicted molar refractivity (Wildman–Crippen MR) is 67.1 cm³/mol.